The van der Waals surface area contributed by atoms with Crippen molar-refractivity contribution in [3.05, 3.63) is 33.3 Å². The summed E-state index contributed by atoms with van der Waals surface area (Å²) in [5, 5.41) is 11.5. The molecule has 3 rings (SSSR count). The van der Waals surface area contributed by atoms with E-state index in [0.29, 0.717) is 36.9 Å². The number of hydrogen-bond donors (Lipinski definition) is 0. The summed E-state index contributed by atoms with van der Waals surface area (Å²) in [4.78, 5) is 37.8. The first-order valence-electron chi connectivity index (χ1n) is 8.09. The van der Waals surface area contributed by atoms with Crippen molar-refractivity contribution in [1.82, 2.24) is 4.90 Å². The number of benzene rings is 1. The van der Waals surface area contributed by atoms with E-state index >= 15 is 0 Å². The molecule has 0 unspecified atom stereocenters. The third kappa shape index (κ3) is 4.19. The van der Waals surface area contributed by atoms with Crippen LogP contribution in [0.3, 0.4) is 0 Å². The maximum Gasteiger partial charge on any atom is 0.309 e. The number of piperazine rings is 1. The molecule has 0 bridgehead atoms. The quantitative estimate of drug-likeness (QED) is 0.448. The molecule has 2 fully saturated rings. The lowest BCUT2D eigenvalue weighted by Crippen LogP contribution is -2.50. The molecule has 9 heteroatoms. The Labute approximate surface area is 149 Å². The van der Waals surface area contributed by atoms with Crippen molar-refractivity contribution in [2.24, 2.45) is 5.92 Å². The minimum Gasteiger partial charge on any atom is -0.455 e. The zero-order valence-electron chi connectivity index (χ0n) is 13.5. The van der Waals surface area contributed by atoms with Gasteiger partial charge in [-0.2, -0.15) is 0 Å². The van der Waals surface area contributed by atoms with Gasteiger partial charge < -0.3 is 14.5 Å². The number of hydrogen-bond acceptors (Lipinski definition) is 6. The van der Waals surface area contributed by atoms with Crippen LogP contribution < -0.4 is 4.90 Å². The number of carbonyl (C=O) groups excluding carboxylic acids is 2. The van der Waals surface area contributed by atoms with E-state index < -0.39 is 4.92 Å². The van der Waals surface area contributed by atoms with E-state index in [4.69, 9.17) is 16.3 Å². The molecule has 0 atom stereocenters. The third-order valence-electron chi connectivity index (χ3n) is 4.36. The molecule has 1 aromatic carbocycles. The molecule has 0 radical (unpaired) electrons. The number of nitro benzene ring substituents is 1. The highest BCUT2D eigenvalue weighted by molar-refractivity contribution is 6.30. The SMILES string of the molecule is O=C(OCC(=O)N1CCN(c2ccc(Cl)cc2[N+](=O)[O-])CC1)C1CC1. The summed E-state index contributed by atoms with van der Waals surface area (Å²) in [6.07, 6.45) is 1.68. The summed E-state index contributed by atoms with van der Waals surface area (Å²) in [5.74, 6) is -0.571. The Morgan fingerprint density at radius 3 is 2.52 bits per heavy atom. The predicted molar refractivity (Wildman–Crippen MR) is 90.6 cm³/mol. The van der Waals surface area contributed by atoms with E-state index in [9.17, 15) is 19.7 Å². The van der Waals surface area contributed by atoms with Gasteiger partial charge in [0.2, 0.25) is 0 Å². The third-order valence-corrected chi connectivity index (χ3v) is 4.59. The maximum absolute atomic E-state index is 12.1. The molecule has 0 N–H and O–H groups in total. The lowest BCUT2D eigenvalue weighted by Gasteiger charge is -2.35. The Bertz CT molecular complexity index is 699. The molecule has 0 aromatic heterocycles. The fourth-order valence-electron chi connectivity index (χ4n) is 2.77. The molecular formula is C16H18ClN3O5. The number of nitrogens with zero attached hydrogens (tertiary/aromatic N) is 3. The summed E-state index contributed by atoms with van der Waals surface area (Å²) in [6.45, 7) is 1.52. The molecule has 1 amide bonds. The fraction of sp³-hybridized carbons (Fsp3) is 0.500. The predicted octanol–water partition coefficient (Wildman–Crippen LogP) is 1.85. The number of halogens is 1. The highest BCUT2D eigenvalue weighted by Gasteiger charge is 2.32. The van der Waals surface area contributed by atoms with Crippen molar-refractivity contribution in [1.29, 1.82) is 0 Å². The molecule has 8 nitrogen and oxygen atoms in total. The standard InChI is InChI=1S/C16H18ClN3O5/c17-12-3-4-13(14(9-12)20(23)24)18-5-7-19(8-6-18)15(21)10-25-16(22)11-1-2-11/h3-4,9,11H,1-2,5-8,10H2. The van der Waals surface area contributed by atoms with Gasteiger partial charge in [0.1, 0.15) is 5.69 Å². The second-order valence-electron chi connectivity index (χ2n) is 6.14. The van der Waals surface area contributed by atoms with Crippen molar-refractivity contribution < 1.29 is 19.2 Å². The van der Waals surface area contributed by atoms with Gasteiger partial charge in [0.25, 0.3) is 11.6 Å². The van der Waals surface area contributed by atoms with Crippen molar-refractivity contribution in [3.8, 4) is 0 Å². The van der Waals surface area contributed by atoms with E-state index in [0.717, 1.165) is 12.8 Å². The highest BCUT2D eigenvalue weighted by Crippen LogP contribution is 2.32. The van der Waals surface area contributed by atoms with Crippen molar-refractivity contribution >= 4 is 34.9 Å². The largest absolute Gasteiger partial charge is 0.455 e. The number of ether oxygens (including phenoxy) is 1. The van der Waals surface area contributed by atoms with Crippen LogP contribution in [0.15, 0.2) is 18.2 Å². The first-order chi connectivity index (χ1) is 12.0. The van der Waals surface area contributed by atoms with E-state index in [2.05, 4.69) is 0 Å². The monoisotopic (exact) mass is 367 g/mol. The van der Waals surface area contributed by atoms with Crippen LogP contribution in [0.4, 0.5) is 11.4 Å². The van der Waals surface area contributed by atoms with E-state index in [1.54, 1.807) is 17.0 Å². The van der Waals surface area contributed by atoms with E-state index in [1.165, 1.54) is 6.07 Å². The maximum atomic E-state index is 12.1. The molecule has 1 heterocycles. The number of anilines is 1. The number of amides is 1. The highest BCUT2D eigenvalue weighted by atomic mass is 35.5. The minimum absolute atomic E-state index is 0.0323. The van der Waals surface area contributed by atoms with Crippen LogP contribution in [-0.2, 0) is 14.3 Å². The molecule has 1 aliphatic carbocycles. The molecular weight excluding hydrogens is 350 g/mol. The fourth-order valence-corrected chi connectivity index (χ4v) is 2.93. The lowest BCUT2D eigenvalue weighted by molar-refractivity contribution is -0.384. The van der Waals surface area contributed by atoms with E-state index in [1.807, 2.05) is 4.90 Å². The minimum atomic E-state index is -0.462. The Morgan fingerprint density at radius 1 is 1.24 bits per heavy atom. The van der Waals surface area contributed by atoms with Crippen LogP contribution in [0, 0.1) is 16.0 Å². The van der Waals surface area contributed by atoms with Gasteiger partial charge in [-0.25, -0.2) is 0 Å². The van der Waals surface area contributed by atoms with Crippen LogP contribution in [0.1, 0.15) is 12.8 Å². The van der Waals surface area contributed by atoms with Gasteiger partial charge in [-0.1, -0.05) is 11.6 Å². The second-order valence-corrected chi connectivity index (χ2v) is 6.58. The number of rotatable bonds is 5. The van der Waals surface area contributed by atoms with Gasteiger partial charge in [-0.3, -0.25) is 19.7 Å². The van der Waals surface area contributed by atoms with Gasteiger partial charge in [0.05, 0.1) is 10.8 Å². The Kier molecular flexibility index (Phi) is 5.08. The Balaban J connectivity index is 1.55. The summed E-state index contributed by atoms with van der Waals surface area (Å²) in [6, 6.07) is 4.56. The molecule has 25 heavy (non-hydrogen) atoms. The van der Waals surface area contributed by atoms with Gasteiger partial charge in [0.15, 0.2) is 6.61 Å². The van der Waals surface area contributed by atoms with Crippen molar-refractivity contribution in [2.45, 2.75) is 12.8 Å². The normalized spacial score (nSPS) is 17.3. The summed E-state index contributed by atoms with van der Waals surface area (Å²) in [7, 11) is 0. The van der Waals surface area contributed by atoms with Crippen LogP contribution in [0.5, 0.6) is 0 Å². The average Bonchev–Trinajstić information content (AvgIpc) is 3.44. The van der Waals surface area contributed by atoms with Gasteiger partial charge in [-0.05, 0) is 25.0 Å². The molecule has 0 spiro atoms. The molecule has 1 aliphatic heterocycles. The number of esters is 1. The molecule has 2 aliphatic rings. The van der Waals surface area contributed by atoms with Crippen molar-refractivity contribution in [2.75, 3.05) is 37.7 Å². The van der Waals surface area contributed by atoms with Crippen molar-refractivity contribution in [3.63, 3.8) is 0 Å². The molecule has 134 valence electrons. The van der Waals surface area contributed by atoms with Crippen LogP contribution >= 0.6 is 11.6 Å². The van der Waals surface area contributed by atoms with Crippen LogP contribution in [0.25, 0.3) is 0 Å². The van der Waals surface area contributed by atoms with Gasteiger partial charge in [-0.15, -0.1) is 0 Å². The van der Waals surface area contributed by atoms with Crippen LogP contribution in [0.2, 0.25) is 5.02 Å². The Hall–Kier alpha value is -2.35. The first-order valence-corrected chi connectivity index (χ1v) is 8.47. The Morgan fingerprint density at radius 2 is 1.92 bits per heavy atom. The van der Waals surface area contributed by atoms with Crippen LogP contribution in [-0.4, -0.2) is 54.5 Å². The topological polar surface area (TPSA) is 93.0 Å². The van der Waals surface area contributed by atoms with Gasteiger partial charge in [0, 0.05) is 37.3 Å². The second kappa shape index (κ2) is 7.26. The summed E-state index contributed by atoms with van der Waals surface area (Å²) in [5.41, 5.74) is 0.437. The zero-order valence-corrected chi connectivity index (χ0v) is 14.3. The molecule has 1 saturated heterocycles. The zero-order chi connectivity index (χ0) is 18.0. The summed E-state index contributed by atoms with van der Waals surface area (Å²) >= 11 is 5.83. The summed E-state index contributed by atoms with van der Waals surface area (Å²) < 4.78 is 5.01. The molecule has 1 saturated carbocycles. The molecule has 1 aromatic rings. The van der Waals surface area contributed by atoms with E-state index in [-0.39, 0.29) is 30.1 Å². The smallest absolute Gasteiger partial charge is 0.309 e. The lowest BCUT2D eigenvalue weighted by atomic mass is 10.2. The number of nitro groups is 1. The number of carbonyl (C=O) groups is 2. The average molecular weight is 368 g/mol. The first kappa shape index (κ1) is 17.5. The van der Waals surface area contributed by atoms with Gasteiger partial charge >= 0.3 is 5.97 Å².